The van der Waals surface area contributed by atoms with E-state index in [0.717, 1.165) is 0 Å². The number of hydrogen-bond donors (Lipinski definition) is 3. The maximum atomic E-state index is 10.9. The summed E-state index contributed by atoms with van der Waals surface area (Å²) in [4.78, 5) is 31.8. The second-order valence-corrected chi connectivity index (χ2v) is 2.52. The van der Waals surface area contributed by atoms with Crippen molar-refractivity contribution in [3.05, 3.63) is 0 Å². The van der Waals surface area contributed by atoms with Gasteiger partial charge in [0.1, 0.15) is 0 Å². The van der Waals surface area contributed by atoms with Gasteiger partial charge in [-0.3, -0.25) is 25.0 Å². The van der Waals surface area contributed by atoms with Crippen LogP contribution in [0.3, 0.4) is 0 Å². The lowest BCUT2D eigenvalue weighted by Crippen LogP contribution is -2.40. The zero-order chi connectivity index (χ0) is 9.14. The fraction of sp³-hybridized carbons (Fsp3) is 0.500. The number of hydrogen-bond acceptors (Lipinski definition) is 4. The van der Waals surface area contributed by atoms with E-state index in [4.69, 9.17) is 5.73 Å². The summed E-state index contributed by atoms with van der Waals surface area (Å²) in [6, 6.07) is -0.606. The van der Waals surface area contributed by atoms with Gasteiger partial charge in [-0.15, -0.1) is 0 Å². The lowest BCUT2D eigenvalue weighted by atomic mass is 10.2. The molecular weight excluding hydrogens is 162 g/mol. The second kappa shape index (κ2) is 3.31. The molecule has 0 aromatic carbocycles. The molecule has 1 atom stereocenters. The van der Waals surface area contributed by atoms with Gasteiger partial charge in [0.2, 0.25) is 17.7 Å². The molecule has 0 bridgehead atoms. The molecule has 1 heterocycles. The molecule has 3 amide bonds. The average molecular weight is 171 g/mol. The van der Waals surface area contributed by atoms with Crippen molar-refractivity contribution in [2.75, 3.05) is 6.54 Å². The summed E-state index contributed by atoms with van der Waals surface area (Å²) in [7, 11) is 0. The Morgan fingerprint density at radius 3 is 2.75 bits per heavy atom. The van der Waals surface area contributed by atoms with Gasteiger partial charge in [0, 0.05) is 0 Å². The summed E-state index contributed by atoms with van der Waals surface area (Å²) >= 11 is 0. The standard InChI is InChI=1S/C6H9N3O3/c7-4(10)2-8-3-1-5(11)9-6(3)12/h3,8H,1-2H2,(H2,7,10)(H,9,11,12). The van der Waals surface area contributed by atoms with Gasteiger partial charge in [0.15, 0.2) is 0 Å². The lowest BCUT2D eigenvalue weighted by molar-refractivity contribution is -0.125. The van der Waals surface area contributed by atoms with Crippen molar-refractivity contribution in [1.29, 1.82) is 0 Å². The Morgan fingerprint density at radius 1 is 1.67 bits per heavy atom. The highest BCUT2D eigenvalue weighted by molar-refractivity contribution is 6.05. The molecule has 0 aromatic rings. The SMILES string of the molecule is NC(=O)CNC1CC(=O)NC1=O. The molecule has 1 fully saturated rings. The number of nitrogens with one attached hydrogen (secondary N) is 2. The van der Waals surface area contributed by atoms with Gasteiger partial charge in [0.05, 0.1) is 19.0 Å². The molecule has 0 radical (unpaired) electrons. The van der Waals surface area contributed by atoms with Gasteiger partial charge in [-0.05, 0) is 0 Å². The zero-order valence-corrected chi connectivity index (χ0v) is 6.29. The summed E-state index contributed by atoms with van der Waals surface area (Å²) in [6.07, 6.45) is 0.0755. The summed E-state index contributed by atoms with van der Waals surface area (Å²) in [5.74, 6) is -1.29. The maximum absolute atomic E-state index is 10.9. The number of nitrogens with two attached hydrogens (primary N) is 1. The largest absolute Gasteiger partial charge is 0.369 e. The minimum Gasteiger partial charge on any atom is -0.369 e. The van der Waals surface area contributed by atoms with Gasteiger partial charge >= 0.3 is 0 Å². The first-order chi connectivity index (χ1) is 5.59. The monoisotopic (exact) mass is 171 g/mol. The van der Waals surface area contributed by atoms with Crippen molar-refractivity contribution in [3.8, 4) is 0 Å². The molecule has 0 saturated carbocycles. The molecule has 4 N–H and O–H groups in total. The van der Waals surface area contributed by atoms with Crippen molar-refractivity contribution in [1.82, 2.24) is 10.6 Å². The lowest BCUT2D eigenvalue weighted by Gasteiger charge is -2.05. The number of primary amides is 1. The van der Waals surface area contributed by atoms with E-state index in [-0.39, 0.29) is 18.9 Å². The molecular formula is C6H9N3O3. The minimum atomic E-state index is -0.606. The third kappa shape index (κ3) is 2.03. The van der Waals surface area contributed by atoms with E-state index in [9.17, 15) is 14.4 Å². The van der Waals surface area contributed by atoms with Crippen LogP contribution in [0.5, 0.6) is 0 Å². The van der Waals surface area contributed by atoms with Crippen LogP contribution in [0.1, 0.15) is 6.42 Å². The zero-order valence-electron chi connectivity index (χ0n) is 6.29. The van der Waals surface area contributed by atoms with Crippen molar-refractivity contribution in [3.63, 3.8) is 0 Å². The summed E-state index contributed by atoms with van der Waals surface area (Å²) in [5, 5.41) is 4.65. The molecule has 0 aromatic heterocycles. The highest BCUT2D eigenvalue weighted by atomic mass is 16.2. The first kappa shape index (κ1) is 8.66. The molecule has 6 nitrogen and oxygen atoms in total. The van der Waals surface area contributed by atoms with Gasteiger partial charge in [-0.1, -0.05) is 0 Å². The molecule has 6 heteroatoms. The first-order valence-corrected chi connectivity index (χ1v) is 3.45. The summed E-state index contributed by atoms with van der Waals surface area (Å²) in [5.41, 5.74) is 4.83. The van der Waals surface area contributed by atoms with Crippen LogP contribution in [0.4, 0.5) is 0 Å². The predicted octanol–water partition coefficient (Wildman–Crippen LogP) is -2.52. The fourth-order valence-electron chi connectivity index (χ4n) is 0.942. The van der Waals surface area contributed by atoms with Crippen LogP contribution >= 0.6 is 0 Å². The molecule has 0 aliphatic carbocycles. The predicted molar refractivity (Wildman–Crippen MR) is 38.8 cm³/mol. The van der Waals surface area contributed by atoms with Crippen LogP contribution in [-0.4, -0.2) is 30.3 Å². The molecule has 0 spiro atoms. The van der Waals surface area contributed by atoms with Crippen LogP contribution in [-0.2, 0) is 14.4 Å². The molecule has 12 heavy (non-hydrogen) atoms. The van der Waals surface area contributed by atoms with Crippen LogP contribution in [0, 0.1) is 0 Å². The Kier molecular flexibility index (Phi) is 2.39. The highest BCUT2D eigenvalue weighted by Crippen LogP contribution is 1.99. The number of amides is 3. The van der Waals surface area contributed by atoms with E-state index in [1.165, 1.54) is 0 Å². The van der Waals surface area contributed by atoms with E-state index in [1.807, 2.05) is 0 Å². The van der Waals surface area contributed by atoms with Crippen molar-refractivity contribution in [2.45, 2.75) is 12.5 Å². The fourth-order valence-corrected chi connectivity index (χ4v) is 0.942. The smallest absolute Gasteiger partial charge is 0.244 e. The van der Waals surface area contributed by atoms with Gasteiger partial charge < -0.3 is 5.73 Å². The van der Waals surface area contributed by atoms with Crippen LogP contribution < -0.4 is 16.4 Å². The van der Waals surface area contributed by atoms with Crippen LogP contribution in [0.15, 0.2) is 0 Å². The van der Waals surface area contributed by atoms with Crippen molar-refractivity contribution in [2.24, 2.45) is 5.73 Å². The number of carbonyl (C=O) groups excluding carboxylic acids is 3. The number of imide groups is 1. The first-order valence-electron chi connectivity index (χ1n) is 3.45. The molecule has 1 unspecified atom stereocenters. The minimum absolute atomic E-state index is 0.0755. The number of rotatable bonds is 3. The van der Waals surface area contributed by atoms with Crippen LogP contribution in [0.25, 0.3) is 0 Å². The Balaban J connectivity index is 2.38. The van der Waals surface area contributed by atoms with Gasteiger partial charge in [-0.25, -0.2) is 0 Å². The molecule has 1 aliphatic rings. The van der Waals surface area contributed by atoms with Gasteiger partial charge in [-0.2, -0.15) is 0 Å². The Labute approximate surface area is 68.5 Å². The quantitative estimate of drug-likeness (QED) is 0.408. The van der Waals surface area contributed by atoms with E-state index >= 15 is 0 Å². The van der Waals surface area contributed by atoms with E-state index in [0.29, 0.717) is 0 Å². The molecule has 1 rings (SSSR count). The normalized spacial score (nSPS) is 22.5. The Bertz CT molecular complexity index is 238. The van der Waals surface area contributed by atoms with Crippen molar-refractivity contribution < 1.29 is 14.4 Å². The van der Waals surface area contributed by atoms with E-state index in [2.05, 4.69) is 10.6 Å². The Hall–Kier alpha value is -1.43. The summed E-state index contributed by atoms with van der Waals surface area (Å²) in [6.45, 7) is -0.0919. The Morgan fingerprint density at radius 2 is 2.33 bits per heavy atom. The topological polar surface area (TPSA) is 101 Å². The highest BCUT2D eigenvalue weighted by Gasteiger charge is 2.29. The molecule has 66 valence electrons. The molecule has 1 aliphatic heterocycles. The van der Waals surface area contributed by atoms with E-state index < -0.39 is 17.9 Å². The van der Waals surface area contributed by atoms with E-state index in [1.54, 1.807) is 0 Å². The third-order valence-corrected chi connectivity index (χ3v) is 1.49. The third-order valence-electron chi connectivity index (χ3n) is 1.49. The average Bonchev–Trinajstić information content (AvgIpc) is 2.26. The van der Waals surface area contributed by atoms with Gasteiger partial charge in [0.25, 0.3) is 0 Å². The molecule has 1 saturated heterocycles. The maximum Gasteiger partial charge on any atom is 0.244 e. The summed E-state index contributed by atoms with van der Waals surface area (Å²) < 4.78 is 0. The number of carbonyl (C=O) groups is 3. The van der Waals surface area contributed by atoms with Crippen molar-refractivity contribution >= 4 is 17.7 Å². The second-order valence-electron chi connectivity index (χ2n) is 2.52. The van der Waals surface area contributed by atoms with Crippen LogP contribution in [0.2, 0.25) is 0 Å².